The van der Waals surface area contributed by atoms with Crippen LogP contribution in [0.1, 0.15) is 5.56 Å². The molecule has 1 aromatic rings. The number of hydrogen-bond acceptors (Lipinski definition) is 0. The normalized spacial score (nSPS) is 8.11. The summed E-state index contributed by atoms with van der Waals surface area (Å²) in [5.74, 6) is 0. The molecule has 0 aliphatic carbocycles. The Balaban J connectivity index is 0.000000640. The van der Waals surface area contributed by atoms with Gasteiger partial charge in [0, 0.05) is 0 Å². The largest absolute Gasteiger partial charge is 2.00 e. The van der Waals surface area contributed by atoms with Gasteiger partial charge >= 0.3 is 21.1 Å². The van der Waals surface area contributed by atoms with Crippen LogP contribution in [0, 0.1) is 13.0 Å². The first-order valence-corrected chi connectivity index (χ1v) is 2.68. The van der Waals surface area contributed by atoms with Crippen molar-refractivity contribution in [2.45, 2.75) is 6.42 Å². The molecular weight excluding hydrogens is 280 g/mol. The minimum atomic E-state index is 0. The van der Waals surface area contributed by atoms with Gasteiger partial charge in [-0.3, -0.25) is 0 Å². The number of rotatable bonds is 1. The molecule has 1 rings (SSSR count). The van der Waals surface area contributed by atoms with Crippen molar-refractivity contribution >= 4 is 0 Å². The van der Waals surface area contributed by atoms with E-state index in [2.05, 4.69) is 13.0 Å². The van der Waals surface area contributed by atoms with Gasteiger partial charge in [-0.05, 0) is 0 Å². The van der Waals surface area contributed by atoms with Crippen molar-refractivity contribution in [1.29, 1.82) is 0 Å². The fraction of sp³-hybridized carbons (Fsp3) is 0.125. The molecule has 0 amide bonds. The third-order valence-corrected chi connectivity index (χ3v) is 1.04. The molecule has 0 radical (unpaired) electrons. The zero-order valence-corrected chi connectivity index (χ0v) is 8.07. The molecule has 0 atom stereocenters. The van der Waals surface area contributed by atoms with Gasteiger partial charge in [0.1, 0.15) is 0 Å². The number of hydrogen-bond donors (Lipinski definition) is 0. The van der Waals surface area contributed by atoms with Crippen LogP contribution in [0.5, 0.6) is 0 Å². The van der Waals surface area contributed by atoms with E-state index in [1.54, 1.807) is 0 Å². The van der Waals surface area contributed by atoms with Gasteiger partial charge in [-0.1, -0.05) is 0 Å². The molecule has 0 aromatic heterocycles. The van der Waals surface area contributed by atoms with Crippen molar-refractivity contribution in [2.75, 3.05) is 0 Å². The maximum atomic E-state index is 3.72. The molecule has 0 unspecified atom stereocenters. The Hall–Kier alpha value is -0.0917. The molecule has 46 valence electrons. The minimum absolute atomic E-state index is 0. The van der Waals surface area contributed by atoms with Crippen molar-refractivity contribution in [1.82, 2.24) is 0 Å². The van der Waals surface area contributed by atoms with E-state index < -0.39 is 0 Å². The molecule has 0 saturated heterocycles. The van der Waals surface area contributed by atoms with Crippen LogP contribution in [-0.2, 0) is 27.5 Å². The van der Waals surface area contributed by atoms with E-state index in [4.69, 9.17) is 0 Å². The minimum Gasteiger partial charge on any atom is -0.341 e. The zero-order valence-electron chi connectivity index (χ0n) is 5.13. The van der Waals surface area contributed by atoms with Gasteiger partial charge < -0.3 is 6.92 Å². The summed E-state index contributed by atoms with van der Waals surface area (Å²) in [4.78, 5) is 0. The quantitative estimate of drug-likeness (QED) is 0.692. The molecule has 0 fully saturated rings. The first-order valence-electron chi connectivity index (χ1n) is 2.68. The topological polar surface area (TPSA) is 0 Å². The Labute approximate surface area is 70.5 Å². The molecule has 1 heteroatoms. The zero-order chi connectivity index (χ0) is 5.82. The average molecular weight is 288 g/mol. The maximum absolute atomic E-state index is 3.72. The van der Waals surface area contributed by atoms with Crippen LogP contribution < -0.4 is 0 Å². The Morgan fingerprint density at radius 3 is 2.56 bits per heavy atom. The molecule has 0 aliphatic rings. The molecule has 0 spiro atoms. The fourth-order valence-corrected chi connectivity index (χ4v) is 0.586. The predicted molar refractivity (Wildman–Crippen MR) is 34.3 cm³/mol. The van der Waals surface area contributed by atoms with Gasteiger partial charge in [0.25, 0.3) is 0 Å². The van der Waals surface area contributed by atoms with Gasteiger partial charge in [-0.2, -0.15) is 42.3 Å². The summed E-state index contributed by atoms with van der Waals surface area (Å²) in [6, 6.07) is 10.9. The van der Waals surface area contributed by atoms with Gasteiger partial charge in [0.05, 0.1) is 0 Å². The molecule has 0 bridgehead atoms. The van der Waals surface area contributed by atoms with Crippen molar-refractivity contribution in [3.63, 3.8) is 0 Å². The summed E-state index contributed by atoms with van der Waals surface area (Å²) < 4.78 is 0. The fourth-order valence-electron chi connectivity index (χ4n) is 0.586. The summed E-state index contributed by atoms with van der Waals surface area (Å²) >= 11 is 0. The van der Waals surface area contributed by atoms with Crippen LogP contribution in [0.25, 0.3) is 0 Å². The van der Waals surface area contributed by atoms with Gasteiger partial charge in [-0.25, -0.2) is 0 Å². The van der Waals surface area contributed by atoms with E-state index in [-0.39, 0.29) is 21.1 Å². The van der Waals surface area contributed by atoms with Crippen LogP contribution in [0.2, 0.25) is 0 Å². The smallest absolute Gasteiger partial charge is 0.341 e. The van der Waals surface area contributed by atoms with Gasteiger partial charge in [0.15, 0.2) is 0 Å². The van der Waals surface area contributed by atoms with E-state index >= 15 is 0 Å². The van der Waals surface area contributed by atoms with E-state index in [0.717, 1.165) is 6.42 Å². The second kappa shape index (κ2) is 4.76. The molecule has 0 saturated carbocycles. The van der Waals surface area contributed by atoms with Crippen LogP contribution in [-0.4, -0.2) is 0 Å². The van der Waals surface area contributed by atoms with E-state index in [1.807, 2.05) is 24.3 Å². The van der Waals surface area contributed by atoms with Gasteiger partial charge in [-0.15, -0.1) is 0 Å². The summed E-state index contributed by atoms with van der Waals surface area (Å²) in [6.07, 6.45) is 0.834. The predicted octanol–water partition coefficient (Wildman–Crippen LogP) is 1.86. The maximum Gasteiger partial charge on any atom is 2.00 e. The summed E-state index contributed by atoms with van der Waals surface area (Å²) in [5, 5.41) is 0. The Bertz CT molecular complexity index is 146. The van der Waals surface area contributed by atoms with Crippen LogP contribution in [0.15, 0.2) is 24.3 Å². The van der Waals surface area contributed by atoms with Crippen LogP contribution in [0.3, 0.4) is 0 Å². The van der Waals surface area contributed by atoms with Crippen molar-refractivity contribution < 1.29 is 21.1 Å². The molecule has 0 aliphatic heterocycles. The molecule has 0 nitrogen and oxygen atoms in total. The Kier molecular flexibility index (Phi) is 4.71. The Morgan fingerprint density at radius 2 is 2.22 bits per heavy atom. The van der Waals surface area contributed by atoms with Crippen molar-refractivity contribution in [3.05, 3.63) is 42.8 Å². The SMILES string of the molecule is [CH2-]Cc1[c-]cccc1.[W+2]. The third-order valence-electron chi connectivity index (χ3n) is 1.04. The molecular formula is C8H8W. The van der Waals surface area contributed by atoms with E-state index in [1.165, 1.54) is 5.56 Å². The van der Waals surface area contributed by atoms with E-state index in [0.29, 0.717) is 0 Å². The monoisotopic (exact) mass is 288 g/mol. The second-order valence-corrected chi connectivity index (χ2v) is 1.64. The number of benzene rings is 1. The average Bonchev–Trinajstić information content (AvgIpc) is 1.90. The molecule has 0 N–H and O–H groups in total. The standard InChI is InChI=1S/C8H8.W/c1-2-8-6-4-3-5-7-8;/h3-6H,1-2H2;/q-2;+2. The van der Waals surface area contributed by atoms with Crippen molar-refractivity contribution in [2.24, 2.45) is 0 Å². The van der Waals surface area contributed by atoms with Crippen LogP contribution in [0.4, 0.5) is 0 Å². The van der Waals surface area contributed by atoms with Crippen molar-refractivity contribution in [3.8, 4) is 0 Å². The summed E-state index contributed by atoms with van der Waals surface area (Å²) in [6.45, 7) is 3.72. The summed E-state index contributed by atoms with van der Waals surface area (Å²) in [7, 11) is 0. The third kappa shape index (κ3) is 2.81. The summed E-state index contributed by atoms with van der Waals surface area (Å²) in [5.41, 5.74) is 1.17. The van der Waals surface area contributed by atoms with Gasteiger partial charge in [0.2, 0.25) is 0 Å². The molecule has 1 aromatic carbocycles. The van der Waals surface area contributed by atoms with E-state index in [9.17, 15) is 0 Å². The van der Waals surface area contributed by atoms with Crippen LogP contribution >= 0.6 is 0 Å². The first-order chi connectivity index (χ1) is 3.93. The first kappa shape index (κ1) is 8.91. The molecule has 9 heavy (non-hydrogen) atoms. The molecule has 0 heterocycles. The second-order valence-electron chi connectivity index (χ2n) is 1.64. The Morgan fingerprint density at radius 1 is 1.44 bits per heavy atom.